The number of amides is 1. The lowest BCUT2D eigenvalue weighted by Gasteiger charge is -2.36. The molecule has 1 heterocycles. The monoisotopic (exact) mass is 355 g/mol. The molecule has 1 aromatic carbocycles. The van der Waals surface area contributed by atoms with Crippen LogP contribution in [0.4, 0.5) is 5.69 Å². The van der Waals surface area contributed by atoms with Gasteiger partial charge in [0.2, 0.25) is 0 Å². The van der Waals surface area contributed by atoms with E-state index in [4.69, 9.17) is 4.74 Å². The normalized spacial score (nSPS) is 30.0. The number of hydrogen-bond acceptors (Lipinski definition) is 4. The molecule has 1 amide bonds. The zero-order chi connectivity index (χ0) is 18.3. The number of carbonyl (C=O) groups is 3. The number of carbonyl (C=O) groups excluding carboxylic acids is 3. The average Bonchev–Trinajstić information content (AvgIpc) is 2.95. The highest BCUT2D eigenvalue weighted by Crippen LogP contribution is 2.40. The lowest BCUT2D eigenvalue weighted by Crippen LogP contribution is -2.41. The fourth-order valence-corrected chi connectivity index (χ4v) is 4.94. The maximum atomic E-state index is 12.6. The first-order valence-electron chi connectivity index (χ1n) is 9.65. The Morgan fingerprint density at radius 3 is 2.58 bits per heavy atom. The van der Waals surface area contributed by atoms with E-state index in [1.54, 1.807) is 4.90 Å². The zero-order valence-corrected chi connectivity index (χ0v) is 15.1. The molecule has 0 N–H and O–H groups in total. The first kappa shape index (κ1) is 17.3. The van der Waals surface area contributed by atoms with Crippen molar-refractivity contribution in [3.63, 3.8) is 0 Å². The van der Waals surface area contributed by atoms with Crippen LogP contribution in [0.25, 0.3) is 0 Å². The van der Waals surface area contributed by atoms with Gasteiger partial charge in [0, 0.05) is 23.6 Å². The number of Topliss-reactive ketones (excluding diaryl/α,β-unsaturated/α-hetero) is 1. The number of ether oxygens (including phenoxy) is 1. The molecular formula is C21H25NO4. The van der Waals surface area contributed by atoms with Crippen molar-refractivity contribution in [1.82, 2.24) is 0 Å². The van der Waals surface area contributed by atoms with E-state index in [0.717, 1.165) is 36.9 Å². The number of anilines is 1. The maximum Gasteiger partial charge on any atom is 0.309 e. The number of fused-ring (bicyclic) bond motifs is 3. The molecule has 26 heavy (non-hydrogen) atoms. The van der Waals surface area contributed by atoms with E-state index in [0.29, 0.717) is 18.6 Å². The number of nitrogens with zero attached hydrogens (tertiary/aromatic N) is 1. The molecule has 0 spiro atoms. The van der Waals surface area contributed by atoms with E-state index >= 15 is 0 Å². The van der Waals surface area contributed by atoms with Gasteiger partial charge in [-0.3, -0.25) is 14.4 Å². The standard InChI is InChI=1S/C21H25NO4/c1-13-9-14-5-2-3-8-18(14)22(13)19(23)12-26-21(25)17-10-15-6-4-7-16(11-17)20(15)24/h2-3,5,8,13,15-17H,4,6-7,9-12H2,1H3/t13-,15-,16+,17?/m1/s1. The number of rotatable bonds is 3. The minimum Gasteiger partial charge on any atom is -0.455 e. The largest absolute Gasteiger partial charge is 0.455 e. The summed E-state index contributed by atoms with van der Waals surface area (Å²) in [6, 6.07) is 7.93. The fourth-order valence-electron chi connectivity index (χ4n) is 4.94. The van der Waals surface area contributed by atoms with Gasteiger partial charge < -0.3 is 9.64 Å². The second kappa shape index (κ2) is 6.86. The molecule has 138 valence electrons. The van der Waals surface area contributed by atoms with Gasteiger partial charge in [-0.05, 0) is 50.7 Å². The summed E-state index contributed by atoms with van der Waals surface area (Å²) < 4.78 is 5.38. The minimum atomic E-state index is -0.317. The van der Waals surface area contributed by atoms with Gasteiger partial charge in [-0.15, -0.1) is 0 Å². The molecule has 1 aliphatic heterocycles. The molecule has 5 heteroatoms. The lowest BCUT2D eigenvalue weighted by molar-refractivity contribution is -0.156. The molecule has 1 unspecified atom stereocenters. The summed E-state index contributed by atoms with van der Waals surface area (Å²) in [5.41, 5.74) is 2.07. The first-order chi connectivity index (χ1) is 12.5. The summed E-state index contributed by atoms with van der Waals surface area (Å²) >= 11 is 0. The molecule has 4 atom stereocenters. The van der Waals surface area contributed by atoms with Crippen LogP contribution in [0, 0.1) is 17.8 Å². The second-order valence-electron chi connectivity index (χ2n) is 7.95. The van der Waals surface area contributed by atoms with Crippen molar-refractivity contribution in [2.75, 3.05) is 11.5 Å². The topological polar surface area (TPSA) is 63.7 Å². The van der Waals surface area contributed by atoms with Gasteiger partial charge in [-0.2, -0.15) is 0 Å². The average molecular weight is 355 g/mol. The van der Waals surface area contributed by atoms with Crippen molar-refractivity contribution in [3.05, 3.63) is 29.8 Å². The first-order valence-corrected chi connectivity index (χ1v) is 9.65. The number of esters is 1. The minimum absolute atomic E-state index is 0.0150. The van der Waals surface area contributed by atoms with Crippen molar-refractivity contribution in [1.29, 1.82) is 0 Å². The summed E-state index contributed by atoms with van der Waals surface area (Å²) in [7, 11) is 0. The summed E-state index contributed by atoms with van der Waals surface area (Å²) in [6.07, 6.45) is 4.86. The van der Waals surface area contributed by atoms with Gasteiger partial charge >= 0.3 is 5.97 Å². The van der Waals surface area contributed by atoms with Gasteiger partial charge in [0.05, 0.1) is 5.92 Å². The van der Waals surface area contributed by atoms with Gasteiger partial charge in [-0.1, -0.05) is 24.6 Å². The molecule has 0 radical (unpaired) electrons. The van der Waals surface area contributed by atoms with Crippen molar-refractivity contribution in [3.8, 4) is 0 Å². The SMILES string of the molecule is C[C@@H]1Cc2ccccc2N1C(=O)COC(=O)C1C[C@H]2CCC[C@@H](C1)C2=O. The molecule has 0 saturated heterocycles. The second-order valence-corrected chi connectivity index (χ2v) is 7.95. The third-order valence-corrected chi connectivity index (χ3v) is 6.20. The van der Waals surface area contributed by atoms with Crippen LogP contribution in [0.1, 0.15) is 44.6 Å². The van der Waals surface area contributed by atoms with Crippen molar-refractivity contribution in [2.45, 2.75) is 51.5 Å². The molecule has 0 aromatic heterocycles. The van der Waals surface area contributed by atoms with E-state index < -0.39 is 0 Å². The Labute approximate surface area is 153 Å². The maximum absolute atomic E-state index is 12.6. The molecule has 2 bridgehead atoms. The van der Waals surface area contributed by atoms with E-state index in [9.17, 15) is 14.4 Å². The zero-order valence-electron chi connectivity index (χ0n) is 15.1. The molecule has 2 saturated carbocycles. The van der Waals surface area contributed by atoms with Crippen LogP contribution in [0.5, 0.6) is 0 Å². The van der Waals surface area contributed by atoms with Crippen LogP contribution in [0.15, 0.2) is 24.3 Å². The van der Waals surface area contributed by atoms with Crippen LogP contribution in [0.3, 0.4) is 0 Å². The van der Waals surface area contributed by atoms with Gasteiger partial charge in [0.1, 0.15) is 5.78 Å². The Kier molecular flexibility index (Phi) is 4.55. The number of para-hydroxylation sites is 1. The third kappa shape index (κ3) is 3.04. The lowest BCUT2D eigenvalue weighted by atomic mass is 9.67. The van der Waals surface area contributed by atoms with E-state index in [-0.39, 0.29) is 42.3 Å². The van der Waals surface area contributed by atoms with Gasteiger partial charge in [-0.25, -0.2) is 0 Å². The Balaban J connectivity index is 1.36. The van der Waals surface area contributed by atoms with Crippen LogP contribution in [-0.4, -0.2) is 30.3 Å². The van der Waals surface area contributed by atoms with Crippen LogP contribution in [0.2, 0.25) is 0 Å². The van der Waals surface area contributed by atoms with Gasteiger partial charge in [0.25, 0.3) is 5.91 Å². The Bertz CT molecular complexity index is 727. The van der Waals surface area contributed by atoms with E-state index in [1.165, 1.54) is 0 Å². The summed E-state index contributed by atoms with van der Waals surface area (Å²) in [5, 5.41) is 0. The molecular weight excluding hydrogens is 330 g/mol. The molecule has 3 aliphatic rings. The number of hydrogen-bond donors (Lipinski definition) is 0. The predicted molar refractivity (Wildman–Crippen MR) is 96.6 cm³/mol. The van der Waals surface area contributed by atoms with E-state index in [1.807, 2.05) is 31.2 Å². The highest BCUT2D eigenvalue weighted by molar-refractivity contribution is 5.98. The van der Waals surface area contributed by atoms with Crippen LogP contribution in [-0.2, 0) is 25.5 Å². The number of benzene rings is 1. The fraction of sp³-hybridized carbons (Fsp3) is 0.571. The summed E-state index contributed by atoms with van der Waals surface area (Å²) in [6.45, 7) is 1.78. The number of ketones is 1. The van der Waals surface area contributed by atoms with E-state index in [2.05, 4.69) is 0 Å². The third-order valence-electron chi connectivity index (χ3n) is 6.20. The Morgan fingerprint density at radius 2 is 1.85 bits per heavy atom. The highest BCUT2D eigenvalue weighted by atomic mass is 16.5. The van der Waals surface area contributed by atoms with Crippen molar-refractivity contribution in [2.24, 2.45) is 17.8 Å². The highest BCUT2D eigenvalue weighted by Gasteiger charge is 2.42. The Morgan fingerprint density at radius 1 is 1.15 bits per heavy atom. The quantitative estimate of drug-likeness (QED) is 0.782. The van der Waals surface area contributed by atoms with Crippen molar-refractivity contribution < 1.29 is 19.1 Å². The summed E-state index contributed by atoms with van der Waals surface area (Å²) in [4.78, 5) is 39.0. The van der Waals surface area contributed by atoms with Crippen molar-refractivity contribution >= 4 is 23.3 Å². The molecule has 1 aromatic rings. The van der Waals surface area contributed by atoms with Crippen LogP contribution >= 0.6 is 0 Å². The Hall–Kier alpha value is -2.17. The molecule has 4 rings (SSSR count). The molecule has 2 fully saturated rings. The predicted octanol–water partition coefficient (Wildman–Crippen LogP) is 2.90. The molecule has 2 aliphatic carbocycles. The van der Waals surface area contributed by atoms with Gasteiger partial charge in [0.15, 0.2) is 6.61 Å². The summed E-state index contributed by atoms with van der Waals surface area (Å²) in [5.74, 6) is -0.369. The van der Waals surface area contributed by atoms with Crippen LogP contribution < -0.4 is 4.90 Å². The smallest absolute Gasteiger partial charge is 0.309 e. The molecule has 5 nitrogen and oxygen atoms in total.